The van der Waals surface area contributed by atoms with E-state index in [4.69, 9.17) is 0 Å². The lowest BCUT2D eigenvalue weighted by atomic mass is 9.84. The molecule has 0 aromatic heterocycles. The van der Waals surface area contributed by atoms with Crippen LogP contribution in [0.1, 0.15) is 39.0 Å². The van der Waals surface area contributed by atoms with Crippen molar-refractivity contribution in [1.82, 2.24) is 0 Å². The van der Waals surface area contributed by atoms with Crippen LogP contribution >= 0.6 is 0 Å². The normalized spacial score (nSPS) is 23.1. The molecule has 1 fully saturated rings. The summed E-state index contributed by atoms with van der Waals surface area (Å²) in [6.07, 6.45) is 5.47. The summed E-state index contributed by atoms with van der Waals surface area (Å²) in [4.78, 5) is 10.5. The third kappa shape index (κ3) is 3.43. The van der Waals surface area contributed by atoms with E-state index >= 15 is 0 Å². The third-order valence-electron chi connectivity index (χ3n) is 3.88. The molecule has 1 saturated carbocycles. The molecule has 5 heteroatoms. The van der Waals surface area contributed by atoms with Crippen molar-refractivity contribution in [1.29, 1.82) is 0 Å². The van der Waals surface area contributed by atoms with Gasteiger partial charge in [-0.25, -0.2) is 4.39 Å². The number of benzene rings is 1. The van der Waals surface area contributed by atoms with Crippen LogP contribution in [-0.2, 0) is 0 Å². The van der Waals surface area contributed by atoms with Crippen molar-refractivity contribution in [2.75, 3.05) is 5.32 Å². The smallest absolute Gasteiger partial charge is 0.292 e. The first kappa shape index (κ1) is 13.8. The Hall–Kier alpha value is -1.65. The molecule has 1 aromatic rings. The summed E-state index contributed by atoms with van der Waals surface area (Å²) < 4.78 is 13.2. The highest BCUT2D eigenvalue weighted by Gasteiger charge is 2.23. The predicted octanol–water partition coefficient (Wildman–Crippen LogP) is 4.11. The minimum absolute atomic E-state index is 0.0555. The highest BCUT2D eigenvalue weighted by atomic mass is 19.1. The molecule has 0 amide bonds. The van der Waals surface area contributed by atoms with E-state index in [2.05, 4.69) is 12.2 Å². The Morgan fingerprint density at radius 2 is 2.26 bits per heavy atom. The number of rotatable bonds is 4. The van der Waals surface area contributed by atoms with Crippen LogP contribution in [0, 0.1) is 21.8 Å². The Morgan fingerprint density at radius 1 is 1.47 bits per heavy atom. The first-order valence-electron chi connectivity index (χ1n) is 6.80. The van der Waals surface area contributed by atoms with Gasteiger partial charge in [-0.2, -0.15) is 0 Å². The molecular formula is C14H19FN2O2. The van der Waals surface area contributed by atoms with E-state index in [1.165, 1.54) is 18.6 Å². The molecule has 19 heavy (non-hydrogen) atoms. The van der Waals surface area contributed by atoms with Crippen molar-refractivity contribution >= 4 is 11.4 Å². The Bertz CT molecular complexity index is 465. The van der Waals surface area contributed by atoms with E-state index in [0.29, 0.717) is 11.6 Å². The number of hydrogen-bond acceptors (Lipinski definition) is 3. The number of hydrogen-bond donors (Lipinski definition) is 1. The first-order chi connectivity index (χ1) is 9.10. The van der Waals surface area contributed by atoms with Crippen LogP contribution in [0.2, 0.25) is 0 Å². The van der Waals surface area contributed by atoms with Gasteiger partial charge in [0, 0.05) is 18.2 Å². The third-order valence-corrected chi connectivity index (χ3v) is 3.88. The summed E-state index contributed by atoms with van der Waals surface area (Å²) in [5.74, 6) is 0.217. The number of halogens is 1. The molecule has 4 nitrogen and oxygen atoms in total. The summed E-state index contributed by atoms with van der Waals surface area (Å²) in [5, 5.41) is 14.1. The molecule has 2 rings (SSSR count). The maximum Gasteiger partial charge on any atom is 0.292 e. The van der Waals surface area contributed by atoms with Gasteiger partial charge in [0.25, 0.3) is 5.69 Å². The Morgan fingerprint density at radius 3 is 2.95 bits per heavy atom. The van der Waals surface area contributed by atoms with Crippen LogP contribution in [0.15, 0.2) is 18.2 Å². The predicted molar refractivity (Wildman–Crippen MR) is 72.7 cm³/mol. The van der Waals surface area contributed by atoms with E-state index in [1.54, 1.807) is 0 Å². The molecule has 0 bridgehead atoms. The van der Waals surface area contributed by atoms with Crippen LogP contribution in [0.25, 0.3) is 0 Å². The van der Waals surface area contributed by atoms with Crippen LogP contribution in [0.5, 0.6) is 0 Å². The van der Waals surface area contributed by atoms with Crippen LogP contribution in [0.4, 0.5) is 15.8 Å². The first-order valence-corrected chi connectivity index (χ1v) is 6.80. The number of nitrogens with one attached hydrogen (secondary N) is 1. The molecule has 0 heterocycles. The van der Waals surface area contributed by atoms with Crippen molar-refractivity contribution in [3.8, 4) is 0 Å². The molecule has 1 N–H and O–H groups in total. The van der Waals surface area contributed by atoms with Crippen molar-refractivity contribution in [2.24, 2.45) is 5.92 Å². The summed E-state index contributed by atoms with van der Waals surface area (Å²) in [7, 11) is 0. The monoisotopic (exact) mass is 266 g/mol. The lowest BCUT2D eigenvalue weighted by Crippen LogP contribution is -2.27. The maximum atomic E-state index is 13.2. The molecule has 104 valence electrons. The van der Waals surface area contributed by atoms with Gasteiger partial charge in [-0.05, 0) is 24.8 Å². The lowest BCUT2D eigenvalue weighted by molar-refractivity contribution is -0.384. The van der Waals surface area contributed by atoms with Gasteiger partial charge >= 0.3 is 0 Å². The van der Waals surface area contributed by atoms with Gasteiger partial charge in [-0.3, -0.25) is 10.1 Å². The van der Waals surface area contributed by atoms with Gasteiger partial charge < -0.3 is 5.32 Å². The summed E-state index contributed by atoms with van der Waals surface area (Å²) in [6.45, 7) is 2.16. The highest BCUT2D eigenvalue weighted by Crippen LogP contribution is 2.32. The summed E-state index contributed by atoms with van der Waals surface area (Å²) in [5.41, 5.74) is 0.242. The zero-order chi connectivity index (χ0) is 13.8. The van der Waals surface area contributed by atoms with E-state index < -0.39 is 10.7 Å². The highest BCUT2D eigenvalue weighted by molar-refractivity contribution is 5.61. The number of nitrogens with zero attached hydrogens (tertiary/aromatic N) is 1. The van der Waals surface area contributed by atoms with Gasteiger partial charge in [0.1, 0.15) is 11.5 Å². The number of nitro groups is 1. The van der Waals surface area contributed by atoms with E-state index in [0.717, 1.165) is 31.7 Å². The largest absolute Gasteiger partial charge is 0.377 e. The standard InChI is InChI=1S/C14H19FN2O2/c1-2-10-4-3-5-12(8-10)16-13-9-11(15)6-7-14(13)17(18)19/h6-7,9-10,12,16H,2-5,8H2,1H3. The molecule has 1 aromatic carbocycles. The van der Waals surface area contributed by atoms with Gasteiger partial charge in [0.2, 0.25) is 0 Å². The molecule has 1 aliphatic carbocycles. The van der Waals surface area contributed by atoms with Gasteiger partial charge in [0.05, 0.1) is 4.92 Å². The van der Waals surface area contributed by atoms with Crippen LogP contribution in [-0.4, -0.2) is 11.0 Å². The Kier molecular flexibility index (Phi) is 4.35. The second-order valence-corrected chi connectivity index (χ2v) is 5.20. The zero-order valence-electron chi connectivity index (χ0n) is 11.1. The molecule has 1 aliphatic rings. The van der Waals surface area contributed by atoms with E-state index in [-0.39, 0.29) is 11.7 Å². The van der Waals surface area contributed by atoms with E-state index in [9.17, 15) is 14.5 Å². The van der Waals surface area contributed by atoms with Gasteiger partial charge in [-0.15, -0.1) is 0 Å². The molecule has 0 saturated heterocycles. The average Bonchev–Trinajstić information content (AvgIpc) is 2.38. The minimum atomic E-state index is -0.470. The van der Waals surface area contributed by atoms with Gasteiger partial charge in [0.15, 0.2) is 0 Å². The Balaban J connectivity index is 2.13. The Labute approximate surface area is 112 Å². The van der Waals surface area contributed by atoms with Crippen molar-refractivity contribution < 1.29 is 9.31 Å². The molecular weight excluding hydrogens is 247 g/mol. The number of anilines is 1. The van der Waals surface area contributed by atoms with Crippen molar-refractivity contribution in [3.63, 3.8) is 0 Å². The fourth-order valence-electron chi connectivity index (χ4n) is 2.80. The molecule has 0 radical (unpaired) electrons. The lowest BCUT2D eigenvalue weighted by Gasteiger charge is -2.29. The fourth-order valence-corrected chi connectivity index (χ4v) is 2.80. The van der Waals surface area contributed by atoms with Crippen LogP contribution in [0.3, 0.4) is 0 Å². The SMILES string of the molecule is CCC1CCCC(Nc2cc(F)ccc2[N+](=O)[O-])C1. The quantitative estimate of drug-likeness (QED) is 0.659. The molecule has 0 spiro atoms. The van der Waals surface area contributed by atoms with Crippen LogP contribution < -0.4 is 5.32 Å². The summed E-state index contributed by atoms with van der Waals surface area (Å²) in [6, 6.07) is 3.77. The average molecular weight is 266 g/mol. The second-order valence-electron chi connectivity index (χ2n) is 5.20. The summed E-state index contributed by atoms with van der Waals surface area (Å²) >= 11 is 0. The molecule has 2 unspecified atom stereocenters. The van der Waals surface area contributed by atoms with Crippen molar-refractivity contribution in [2.45, 2.75) is 45.1 Å². The molecule has 2 atom stereocenters. The van der Waals surface area contributed by atoms with Crippen molar-refractivity contribution in [3.05, 3.63) is 34.1 Å². The maximum absolute atomic E-state index is 13.2. The second kappa shape index (κ2) is 5.99. The fraction of sp³-hybridized carbons (Fsp3) is 0.571. The van der Waals surface area contributed by atoms with E-state index in [1.807, 2.05) is 0 Å². The van der Waals surface area contributed by atoms with Gasteiger partial charge in [-0.1, -0.05) is 26.2 Å². The molecule has 0 aliphatic heterocycles. The minimum Gasteiger partial charge on any atom is -0.377 e. The number of nitro benzene ring substituents is 1. The zero-order valence-corrected chi connectivity index (χ0v) is 11.1. The topological polar surface area (TPSA) is 55.2 Å².